The zero-order valence-electron chi connectivity index (χ0n) is 10.2. The molecule has 5 heteroatoms. The Bertz CT molecular complexity index is 359. The topological polar surface area (TPSA) is 47.9 Å². The first-order valence-corrected chi connectivity index (χ1v) is 5.84. The van der Waals surface area contributed by atoms with E-state index in [1.807, 2.05) is 30.3 Å². The van der Waals surface area contributed by atoms with Crippen LogP contribution in [0.4, 0.5) is 4.39 Å². The summed E-state index contributed by atoms with van der Waals surface area (Å²) < 4.78 is 29.0. The maximum atomic E-state index is 13.6. The molecule has 0 bridgehead atoms. The Hall–Kier alpha value is -1.01. The zero-order chi connectivity index (χ0) is 13.0. The van der Waals surface area contributed by atoms with Crippen molar-refractivity contribution in [3.05, 3.63) is 35.9 Å². The van der Waals surface area contributed by atoms with Crippen LogP contribution in [0.3, 0.4) is 0 Å². The van der Waals surface area contributed by atoms with E-state index in [-0.39, 0.29) is 6.61 Å². The van der Waals surface area contributed by atoms with Gasteiger partial charge in [-0.3, -0.25) is 0 Å². The molecule has 0 unspecified atom stereocenters. The third-order valence-corrected chi connectivity index (χ3v) is 2.90. The van der Waals surface area contributed by atoms with E-state index in [4.69, 9.17) is 14.2 Å². The highest BCUT2D eigenvalue weighted by molar-refractivity contribution is 5.13. The van der Waals surface area contributed by atoms with E-state index in [9.17, 15) is 9.50 Å². The number of aliphatic hydroxyl groups is 1. The normalized spacial score (nSPS) is 31.7. The van der Waals surface area contributed by atoms with Gasteiger partial charge in [0.1, 0.15) is 12.2 Å². The minimum absolute atomic E-state index is 0.0903. The van der Waals surface area contributed by atoms with Gasteiger partial charge in [-0.1, -0.05) is 30.3 Å². The van der Waals surface area contributed by atoms with Gasteiger partial charge in [-0.05, 0) is 5.56 Å². The van der Waals surface area contributed by atoms with E-state index < -0.39 is 24.7 Å². The van der Waals surface area contributed by atoms with Gasteiger partial charge in [0.05, 0.1) is 13.2 Å². The second-order valence-electron chi connectivity index (χ2n) is 4.21. The number of alkyl halides is 1. The molecule has 4 nitrogen and oxygen atoms in total. The van der Waals surface area contributed by atoms with Crippen LogP contribution in [0.2, 0.25) is 0 Å². The molecule has 18 heavy (non-hydrogen) atoms. The van der Waals surface area contributed by atoms with E-state index in [1.54, 1.807) is 0 Å². The number of benzene rings is 1. The number of rotatable bonds is 5. The van der Waals surface area contributed by atoms with Crippen molar-refractivity contribution in [3.63, 3.8) is 0 Å². The van der Waals surface area contributed by atoms with Crippen molar-refractivity contribution in [1.82, 2.24) is 0 Å². The first kappa shape index (κ1) is 13.4. The summed E-state index contributed by atoms with van der Waals surface area (Å²) in [6.07, 6.45) is -4.43. The Balaban J connectivity index is 1.77. The molecule has 1 aliphatic rings. The lowest BCUT2D eigenvalue weighted by atomic mass is 10.2. The quantitative estimate of drug-likeness (QED) is 0.862. The number of methoxy groups -OCH3 is 1. The molecule has 1 aromatic carbocycles. The van der Waals surface area contributed by atoms with Crippen LogP contribution in [0.15, 0.2) is 30.3 Å². The summed E-state index contributed by atoms with van der Waals surface area (Å²) >= 11 is 0. The highest BCUT2D eigenvalue weighted by Crippen LogP contribution is 2.24. The minimum Gasteiger partial charge on any atom is -0.385 e. The molecule has 0 amide bonds. The fourth-order valence-corrected chi connectivity index (χ4v) is 1.89. The van der Waals surface area contributed by atoms with Crippen molar-refractivity contribution in [2.45, 2.75) is 31.3 Å². The van der Waals surface area contributed by atoms with Crippen molar-refractivity contribution in [3.8, 4) is 0 Å². The third-order valence-electron chi connectivity index (χ3n) is 2.90. The van der Waals surface area contributed by atoms with Crippen molar-refractivity contribution in [1.29, 1.82) is 0 Å². The smallest absolute Gasteiger partial charge is 0.186 e. The molecule has 4 atom stereocenters. The van der Waals surface area contributed by atoms with Crippen LogP contribution >= 0.6 is 0 Å². The van der Waals surface area contributed by atoms with Gasteiger partial charge in [0, 0.05) is 7.11 Å². The Morgan fingerprint density at radius 3 is 2.67 bits per heavy atom. The van der Waals surface area contributed by atoms with Gasteiger partial charge in [-0.2, -0.15) is 0 Å². The summed E-state index contributed by atoms with van der Waals surface area (Å²) in [6, 6.07) is 9.59. The summed E-state index contributed by atoms with van der Waals surface area (Å²) in [6.45, 7) is 0.480. The van der Waals surface area contributed by atoms with Crippen LogP contribution in [-0.2, 0) is 20.8 Å². The molecule has 2 rings (SSSR count). The van der Waals surface area contributed by atoms with Gasteiger partial charge in [-0.15, -0.1) is 0 Å². The molecule has 1 aromatic rings. The summed E-state index contributed by atoms with van der Waals surface area (Å²) in [7, 11) is 1.37. The third kappa shape index (κ3) is 3.05. The first-order valence-electron chi connectivity index (χ1n) is 5.84. The Labute approximate surface area is 105 Å². The molecular formula is C13H17FO4. The monoisotopic (exact) mass is 256 g/mol. The summed E-state index contributed by atoms with van der Waals surface area (Å²) in [4.78, 5) is 0. The second-order valence-corrected chi connectivity index (χ2v) is 4.21. The Morgan fingerprint density at radius 1 is 1.33 bits per heavy atom. The summed E-state index contributed by atoms with van der Waals surface area (Å²) in [5, 5.41) is 9.46. The molecule has 1 aliphatic heterocycles. The van der Waals surface area contributed by atoms with Crippen molar-refractivity contribution in [2.24, 2.45) is 0 Å². The van der Waals surface area contributed by atoms with Gasteiger partial charge in [-0.25, -0.2) is 4.39 Å². The van der Waals surface area contributed by atoms with E-state index in [0.29, 0.717) is 6.61 Å². The van der Waals surface area contributed by atoms with Crippen LogP contribution in [-0.4, -0.2) is 43.5 Å². The lowest BCUT2D eigenvalue weighted by molar-refractivity contribution is -0.156. The molecular weight excluding hydrogens is 239 g/mol. The minimum atomic E-state index is -1.48. The SMILES string of the molecule is CO[C@H]1O[C@H](COCc2ccccc2)[C@@H](F)[C@H]1O. The lowest BCUT2D eigenvalue weighted by Crippen LogP contribution is -2.31. The summed E-state index contributed by atoms with van der Waals surface area (Å²) in [5.41, 5.74) is 1.01. The average Bonchev–Trinajstić information content (AvgIpc) is 2.68. The van der Waals surface area contributed by atoms with Gasteiger partial charge in [0.25, 0.3) is 0 Å². The largest absolute Gasteiger partial charge is 0.385 e. The van der Waals surface area contributed by atoms with Crippen LogP contribution in [0.5, 0.6) is 0 Å². The van der Waals surface area contributed by atoms with E-state index in [2.05, 4.69) is 0 Å². The predicted molar refractivity (Wildman–Crippen MR) is 62.7 cm³/mol. The average molecular weight is 256 g/mol. The van der Waals surface area contributed by atoms with Gasteiger partial charge < -0.3 is 19.3 Å². The van der Waals surface area contributed by atoms with Crippen LogP contribution in [0.25, 0.3) is 0 Å². The van der Waals surface area contributed by atoms with E-state index in [1.165, 1.54) is 7.11 Å². The first-order chi connectivity index (χ1) is 8.72. The van der Waals surface area contributed by atoms with Gasteiger partial charge in [0.2, 0.25) is 0 Å². The Kier molecular flexibility index (Phi) is 4.66. The summed E-state index contributed by atoms with van der Waals surface area (Å²) in [5.74, 6) is 0. The molecule has 0 radical (unpaired) electrons. The zero-order valence-corrected chi connectivity index (χ0v) is 10.2. The molecule has 100 valence electrons. The molecule has 1 fully saturated rings. The number of ether oxygens (including phenoxy) is 3. The van der Waals surface area contributed by atoms with E-state index >= 15 is 0 Å². The van der Waals surface area contributed by atoms with Gasteiger partial charge >= 0.3 is 0 Å². The molecule has 1 N–H and O–H groups in total. The standard InChI is InChI=1S/C13H17FO4/c1-16-13-12(15)11(14)10(18-13)8-17-7-9-5-3-2-4-6-9/h2-6,10-13,15H,7-8H2,1H3/t10-,11-,12-,13+/m1/s1. The number of halogens is 1. The molecule has 0 aromatic heterocycles. The van der Waals surface area contributed by atoms with E-state index in [0.717, 1.165) is 5.56 Å². The van der Waals surface area contributed by atoms with Crippen molar-refractivity contribution in [2.75, 3.05) is 13.7 Å². The fraction of sp³-hybridized carbons (Fsp3) is 0.538. The predicted octanol–water partition coefficient (Wildman–Crippen LogP) is 1.27. The Morgan fingerprint density at radius 2 is 2.06 bits per heavy atom. The number of aliphatic hydroxyl groups excluding tert-OH is 1. The molecule has 0 spiro atoms. The number of hydrogen-bond donors (Lipinski definition) is 1. The molecule has 1 heterocycles. The van der Waals surface area contributed by atoms with Crippen molar-refractivity contribution >= 4 is 0 Å². The maximum Gasteiger partial charge on any atom is 0.186 e. The maximum absolute atomic E-state index is 13.6. The van der Waals surface area contributed by atoms with Crippen LogP contribution in [0.1, 0.15) is 5.56 Å². The lowest BCUT2D eigenvalue weighted by Gasteiger charge is -2.13. The molecule has 0 aliphatic carbocycles. The second kappa shape index (κ2) is 6.24. The highest BCUT2D eigenvalue weighted by atomic mass is 19.1. The molecule has 0 saturated carbocycles. The fourth-order valence-electron chi connectivity index (χ4n) is 1.89. The molecule has 1 saturated heterocycles. The van der Waals surface area contributed by atoms with Crippen molar-refractivity contribution < 1.29 is 23.7 Å². The number of hydrogen-bond acceptors (Lipinski definition) is 4. The van der Waals surface area contributed by atoms with Crippen LogP contribution in [0, 0.1) is 0 Å². The highest BCUT2D eigenvalue weighted by Gasteiger charge is 2.44. The van der Waals surface area contributed by atoms with Gasteiger partial charge in [0.15, 0.2) is 12.5 Å². The van der Waals surface area contributed by atoms with Crippen LogP contribution < -0.4 is 0 Å².